The average Bonchev–Trinajstić information content (AvgIpc) is 2.80. The van der Waals surface area contributed by atoms with Gasteiger partial charge in [0.2, 0.25) is 0 Å². The number of esters is 4. The van der Waals surface area contributed by atoms with Crippen molar-refractivity contribution in [2.75, 3.05) is 52.5 Å². The fourth-order valence-electron chi connectivity index (χ4n) is 4.49. The summed E-state index contributed by atoms with van der Waals surface area (Å²) in [6, 6.07) is 0. The predicted molar refractivity (Wildman–Crippen MR) is 127 cm³/mol. The molecule has 0 saturated carbocycles. The molecule has 10 heteroatoms. The van der Waals surface area contributed by atoms with Crippen molar-refractivity contribution in [2.24, 2.45) is 0 Å². The minimum Gasteiger partial charge on any atom is -0.466 e. The van der Waals surface area contributed by atoms with E-state index in [0.717, 1.165) is 58.0 Å². The van der Waals surface area contributed by atoms with E-state index in [-0.39, 0.29) is 36.1 Å². The van der Waals surface area contributed by atoms with Crippen molar-refractivity contribution in [3.63, 3.8) is 0 Å². The minimum absolute atomic E-state index is 0.0872. The molecule has 2 unspecified atom stereocenters. The fourth-order valence-corrected chi connectivity index (χ4v) is 4.49. The van der Waals surface area contributed by atoms with Crippen LogP contribution in [0.5, 0.6) is 0 Å². The van der Waals surface area contributed by atoms with Gasteiger partial charge in [-0.2, -0.15) is 0 Å². The van der Waals surface area contributed by atoms with Crippen LogP contribution in [0.25, 0.3) is 0 Å². The van der Waals surface area contributed by atoms with Gasteiger partial charge in [0.05, 0.1) is 26.1 Å². The van der Waals surface area contributed by atoms with Gasteiger partial charge in [-0.3, -0.25) is 29.0 Å². The van der Waals surface area contributed by atoms with Gasteiger partial charge in [-0.25, -0.2) is 0 Å². The van der Waals surface area contributed by atoms with E-state index in [2.05, 4.69) is 9.80 Å². The second-order valence-electron chi connectivity index (χ2n) is 9.35. The molecule has 10 nitrogen and oxygen atoms in total. The second-order valence-corrected chi connectivity index (χ2v) is 9.35. The first-order valence-corrected chi connectivity index (χ1v) is 12.9. The zero-order chi connectivity index (χ0) is 25.5. The first kappa shape index (κ1) is 29.0. The molecule has 0 amide bonds. The number of rotatable bonds is 14. The minimum atomic E-state index is -0.265. The van der Waals surface area contributed by atoms with Crippen molar-refractivity contribution in [1.82, 2.24) is 9.80 Å². The molecule has 0 N–H and O–H groups in total. The highest BCUT2D eigenvalue weighted by molar-refractivity contribution is 5.70. The van der Waals surface area contributed by atoms with Crippen LogP contribution in [0.4, 0.5) is 0 Å². The molecule has 200 valence electrons. The number of unbranched alkanes of at least 4 members (excludes halogenated alkanes) is 2. The summed E-state index contributed by atoms with van der Waals surface area (Å²) >= 11 is 0. The number of hydrogen-bond acceptors (Lipinski definition) is 10. The molecule has 0 aromatic rings. The molecule has 0 aromatic heterocycles. The Morgan fingerprint density at radius 3 is 1.51 bits per heavy atom. The Morgan fingerprint density at radius 1 is 0.686 bits per heavy atom. The zero-order valence-corrected chi connectivity index (χ0v) is 21.3. The average molecular weight is 499 g/mol. The molecule has 35 heavy (non-hydrogen) atoms. The van der Waals surface area contributed by atoms with Crippen molar-refractivity contribution in [3.8, 4) is 0 Å². The fraction of sp³-hybridized carbons (Fsp3) is 0.840. The summed E-state index contributed by atoms with van der Waals surface area (Å²) in [7, 11) is 0. The van der Waals surface area contributed by atoms with Crippen molar-refractivity contribution in [2.45, 2.75) is 83.8 Å². The Morgan fingerprint density at radius 2 is 1.11 bits per heavy atom. The molecule has 0 bridgehead atoms. The summed E-state index contributed by atoms with van der Waals surface area (Å²) in [5.74, 6) is -0.974. The molecule has 0 aromatic carbocycles. The number of nitrogens with zero attached hydrogens (tertiary/aromatic N) is 2. The first-order valence-electron chi connectivity index (χ1n) is 12.9. The molecule has 2 rings (SSSR count). The van der Waals surface area contributed by atoms with Gasteiger partial charge in [0.15, 0.2) is 0 Å². The highest BCUT2D eigenvalue weighted by atomic mass is 16.6. The SMILES string of the molecule is CC(=O)OC1CCCN(CCC(=O)OCCCCCOC(=O)CCN2CCCC(OC(C)=O)C2)C1. The van der Waals surface area contributed by atoms with E-state index < -0.39 is 0 Å². The van der Waals surface area contributed by atoms with Gasteiger partial charge in [-0.15, -0.1) is 0 Å². The number of hydrogen-bond donors (Lipinski definition) is 0. The molecule has 2 saturated heterocycles. The van der Waals surface area contributed by atoms with Crippen LogP contribution in [0.3, 0.4) is 0 Å². The topological polar surface area (TPSA) is 112 Å². The highest BCUT2D eigenvalue weighted by Crippen LogP contribution is 2.15. The summed E-state index contributed by atoms with van der Waals surface area (Å²) in [5, 5.41) is 0. The third-order valence-electron chi connectivity index (χ3n) is 6.17. The Bertz CT molecular complexity index is 630. The Balaban J connectivity index is 1.42. The van der Waals surface area contributed by atoms with E-state index in [4.69, 9.17) is 18.9 Å². The van der Waals surface area contributed by atoms with E-state index in [0.29, 0.717) is 52.2 Å². The monoisotopic (exact) mass is 498 g/mol. The van der Waals surface area contributed by atoms with Gasteiger partial charge in [-0.05, 0) is 58.0 Å². The maximum atomic E-state index is 12.0. The maximum absolute atomic E-state index is 12.0. The van der Waals surface area contributed by atoms with Gasteiger partial charge < -0.3 is 18.9 Å². The lowest BCUT2D eigenvalue weighted by atomic mass is 10.1. The lowest BCUT2D eigenvalue weighted by molar-refractivity contribution is -0.150. The van der Waals surface area contributed by atoms with Gasteiger partial charge in [0, 0.05) is 40.0 Å². The molecule has 2 atom stereocenters. The summed E-state index contributed by atoms with van der Waals surface area (Å²) in [6.07, 6.45) is 6.38. The molecule has 0 spiro atoms. The summed E-state index contributed by atoms with van der Waals surface area (Å²) in [4.78, 5) is 50.4. The van der Waals surface area contributed by atoms with E-state index in [1.807, 2.05) is 0 Å². The Labute approximate surface area is 208 Å². The lowest BCUT2D eigenvalue weighted by Gasteiger charge is -2.31. The number of carbonyl (C=O) groups is 4. The summed E-state index contributed by atoms with van der Waals surface area (Å²) in [6.45, 7) is 7.90. The molecule has 2 aliphatic rings. The van der Waals surface area contributed by atoms with E-state index in [1.165, 1.54) is 13.8 Å². The standard InChI is InChI=1S/C25H42N2O8/c1-20(28)34-22-8-6-12-26(18-22)14-10-24(30)32-16-4-3-5-17-33-25(31)11-15-27-13-7-9-23(19-27)35-21(2)29/h22-23H,3-19H2,1-2H3. The van der Waals surface area contributed by atoms with Crippen molar-refractivity contribution in [3.05, 3.63) is 0 Å². The molecular weight excluding hydrogens is 456 g/mol. The van der Waals surface area contributed by atoms with Crippen LogP contribution in [0, 0.1) is 0 Å². The third kappa shape index (κ3) is 13.5. The normalized spacial score (nSPS) is 21.2. The van der Waals surface area contributed by atoms with Gasteiger partial charge in [0.25, 0.3) is 0 Å². The first-order chi connectivity index (χ1) is 16.8. The molecule has 0 radical (unpaired) electrons. The number of carbonyl (C=O) groups excluding carboxylic acids is 4. The van der Waals surface area contributed by atoms with Crippen molar-refractivity contribution in [1.29, 1.82) is 0 Å². The summed E-state index contributed by atoms with van der Waals surface area (Å²) < 4.78 is 21.1. The Hall–Kier alpha value is -2.20. The molecule has 2 heterocycles. The van der Waals surface area contributed by atoms with E-state index in [9.17, 15) is 19.2 Å². The third-order valence-corrected chi connectivity index (χ3v) is 6.17. The van der Waals surface area contributed by atoms with Crippen LogP contribution < -0.4 is 0 Å². The van der Waals surface area contributed by atoms with Crippen LogP contribution in [-0.2, 0) is 38.1 Å². The summed E-state index contributed by atoms with van der Waals surface area (Å²) in [5.41, 5.74) is 0. The van der Waals surface area contributed by atoms with Gasteiger partial charge in [-0.1, -0.05) is 0 Å². The van der Waals surface area contributed by atoms with Crippen LogP contribution in [-0.4, -0.2) is 98.4 Å². The second kappa shape index (κ2) is 16.5. The lowest BCUT2D eigenvalue weighted by Crippen LogP contribution is -2.41. The van der Waals surface area contributed by atoms with Crippen LogP contribution in [0.1, 0.15) is 71.6 Å². The smallest absolute Gasteiger partial charge is 0.307 e. The van der Waals surface area contributed by atoms with E-state index >= 15 is 0 Å². The Kier molecular flexibility index (Phi) is 13.7. The van der Waals surface area contributed by atoms with Crippen molar-refractivity contribution < 1.29 is 38.1 Å². The van der Waals surface area contributed by atoms with Crippen molar-refractivity contribution >= 4 is 23.9 Å². The van der Waals surface area contributed by atoms with Gasteiger partial charge >= 0.3 is 23.9 Å². The molecular formula is C25H42N2O8. The highest BCUT2D eigenvalue weighted by Gasteiger charge is 2.23. The number of ether oxygens (including phenoxy) is 4. The largest absolute Gasteiger partial charge is 0.466 e. The van der Waals surface area contributed by atoms with E-state index in [1.54, 1.807) is 0 Å². The molecule has 2 aliphatic heterocycles. The van der Waals surface area contributed by atoms with Crippen LogP contribution in [0.2, 0.25) is 0 Å². The zero-order valence-electron chi connectivity index (χ0n) is 21.3. The van der Waals surface area contributed by atoms with Crippen LogP contribution in [0.15, 0.2) is 0 Å². The number of likely N-dealkylation sites (tertiary alicyclic amines) is 2. The van der Waals surface area contributed by atoms with Crippen LogP contribution >= 0.6 is 0 Å². The maximum Gasteiger partial charge on any atom is 0.307 e. The molecule has 2 fully saturated rings. The quantitative estimate of drug-likeness (QED) is 0.200. The molecule has 0 aliphatic carbocycles. The van der Waals surface area contributed by atoms with Gasteiger partial charge in [0.1, 0.15) is 12.2 Å². The predicted octanol–water partition coefficient (Wildman–Crippen LogP) is 2.08. The number of piperidine rings is 2.